The third kappa shape index (κ3) is 2.58. The van der Waals surface area contributed by atoms with Gasteiger partial charge in [-0.1, -0.05) is 12.2 Å². The third-order valence-corrected chi connectivity index (χ3v) is 3.72. The van der Waals surface area contributed by atoms with Crippen LogP contribution in [0.3, 0.4) is 0 Å². The molecule has 0 radical (unpaired) electrons. The van der Waals surface area contributed by atoms with E-state index in [0.29, 0.717) is 0 Å². The summed E-state index contributed by atoms with van der Waals surface area (Å²) in [5.41, 5.74) is 0. The van der Waals surface area contributed by atoms with Crippen LogP contribution in [0, 0.1) is 0 Å². The zero-order valence-corrected chi connectivity index (χ0v) is 7.24. The Bertz CT molecular complexity index is 216. The van der Waals surface area contributed by atoms with Gasteiger partial charge < -0.3 is 0 Å². The van der Waals surface area contributed by atoms with Crippen LogP contribution in [0.2, 0.25) is 0 Å². The first-order valence-corrected chi connectivity index (χ1v) is 4.91. The van der Waals surface area contributed by atoms with Crippen molar-refractivity contribution in [2.75, 3.05) is 5.75 Å². The van der Waals surface area contributed by atoms with Gasteiger partial charge in [-0.25, -0.2) is 8.42 Å². The Balaban J connectivity index is 4.40. The quantitative estimate of drug-likeness (QED) is 0.515. The summed E-state index contributed by atoms with van der Waals surface area (Å²) in [6.45, 7) is 6.63. The molecule has 0 aliphatic carbocycles. The van der Waals surface area contributed by atoms with Gasteiger partial charge in [-0.2, -0.15) is 12.6 Å². The molecule has 4 heteroatoms. The van der Waals surface area contributed by atoms with Crippen LogP contribution in [0.1, 0.15) is 0 Å². The van der Waals surface area contributed by atoms with Crippen LogP contribution in [0.5, 0.6) is 0 Å². The molecule has 10 heavy (non-hydrogen) atoms. The highest BCUT2D eigenvalue weighted by Gasteiger charge is 2.15. The molecule has 0 aromatic carbocycles. The fourth-order valence-electron chi connectivity index (χ4n) is 0.409. The van der Waals surface area contributed by atoms with Crippen molar-refractivity contribution in [3.05, 3.63) is 25.3 Å². The molecule has 0 amide bonds. The van der Waals surface area contributed by atoms with Gasteiger partial charge in [0.25, 0.3) is 0 Å². The molecule has 0 N–H and O–H groups in total. The fraction of sp³-hybridized carbons (Fsp3) is 0.333. The first kappa shape index (κ1) is 9.78. The molecule has 0 bridgehead atoms. The van der Waals surface area contributed by atoms with Crippen LogP contribution < -0.4 is 0 Å². The van der Waals surface area contributed by atoms with Crippen molar-refractivity contribution in [3.63, 3.8) is 0 Å². The highest BCUT2D eigenvalue weighted by Crippen LogP contribution is 2.07. The van der Waals surface area contributed by atoms with Crippen LogP contribution in [-0.4, -0.2) is 18.8 Å². The molecule has 1 atom stereocenters. The zero-order valence-electron chi connectivity index (χ0n) is 5.53. The van der Waals surface area contributed by atoms with Crippen molar-refractivity contribution in [1.29, 1.82) is 0 Å². The minimum atomic E-state index is -3.13. The maximum Gasteiger partial charge on any atom is 0.169 e. The van der Waals surface area contributed by atoms with Gasteiger partial charge in [-0.15, -0.1) is 13.2 Å². The summed E-state index contributed by atoms with van der Waals surface area (Å²) in [6.07, 6.45) is 2.62. The van der Waals surface area contributed by atoms with Gasteiger partial charge in [0.1, 0.15) is 4.58 Å². The second kappa shape index (κ2) is 3.83. The van der Waals surface area contributed by atoms with Gasteiger partial charge in [0.15, 0.2) is 9.84 Å². The van der Waals surface area contributed by atoms with Gasteiger partial charge in [0.05, 0.1) is 5.75 Å². The lowest BCUT2D eigenvalue weighted by Gasteiger charge is -2.03. The predicted octanol–water partition coefficient (Wildman–Crippen LogP) is 1.03. The Hall–Kier alpha value is -0.220. The highest BCUT2D eigenvalue weighted by atomic mass is 32.2. The van der Waals surface area contributed by atoms with Crippen molar-refractivity contribution in [2.45, 2.75) is 4.58 Å². The van der Waals surface area contributed by atoms with Gasteiger partial charge >= 0.3 is 0 Å². The smallest absolute Gasteiger partial charge is 0.169 e. The molecule has 58 valence electrons. The minimum absolute atomic E-state index is 0.0484. The van der Waals surface area contributed by atoms with E-state index in [9.17, 15) is 8.42 Å². The van der Waals surface area contributed by atoms with Crippen LogP contribution in [-0.2, 0) is 9.84 Å². The molecule has 0 spiro atoms. The third-order valence-electron chi connectivity index (χ3n) is 0.920. The fourth-order valence-corrected chi connectivity index (χ4v) is 1.49. The minimum Gasteiger partial charge on any atom is -0.227 e. The summed E-state index contributed by atoms with van der Waals surface area (Å²) in [4.78, 5) is 0. The Morgan fingerprint density at radius 3 is 2.30 bits per heavy atom. The van der Waals surface area contributed by atoms with Crippen LogP contribution >= 0.6 is 12.6 Å². The number of hydrogen-bond donors (Lipinski definition) is 1. The predicted molar refractivity (Wildman–Crippen MR) is 47.0 cm³/mol. The number of thiol groups is 1. The van der Waals surface area contributed by atoms with E-state index in [1.54, 1.807) is 0 Å². The molecule has 0 heterocycles. The molecular formula is C6H10O2S2. The molecule has 0 aliphatic rings. The van der Waals surface area contributed by atoms with Crippen molar-refractivity contribution < 1.29 is 8.42 Å². The summed E-state index contributed by atoms with van der Waals surface area (Å²) in [5.74, 6) is -0.0484. The molecule has 0 fully saturated rings. The molecule has 2 nitrogen and oxygen atoms in total. The lowest BCUT2D eigenvalue weighted by atomic mass is 10.7. The summed E-state index contributed by atoms with van der Waals surface area (Å²) < 4.78 is 21.1. The van der Waals surface area contributed by atoms with E-state index in [-0.39, 0.29) is 5.75 Å². The van der Waals surface area contributed by atoms with Crippen molar-refractivity contribution in [1.82, 2.24) is 0 Å². The van der Waals surface area contributed by atoms with Crippen LogP contribution in [0.15, 0.2) is 25.3 Å². The zero-order chi connectivity index (χ0) is 8.20. The van der Waals surface area contributed by atoms with Gasteiger partial charge in [0.2, 0.25) is 0 Å². The van der Waals surface area contributed by atoms with E-state index >= 15 is 0 Å². The molecule has 1 unspecified atom stereocenters. The maximum absolute atomic E-state index is 10.9. The highest BCUT2D eigenvalue weighted by molar-refractivity contribution is 8.05. The van der Waals surface area contributed by atoms with E-state index in [0.717, 1.165) is 0 Å². The first-order chi connectivity index (χ1) is 4.54. The Kier molecular flexibility index (Phi) is 3.75. The van der Waals surface area contributed by atoms with Crippen LogP contribution in [0.4, 0.5) is 0 Å². The second-order valence-electron chi connectivity index (χ2n) is 1.74. The summed E-state index contributed by atoms with van der Waals surface area (Å²) >= 11 is 3.79. The Morgan fingerprint density at radius 2 is 2.00 bits per heavy atom. The molecule has 0 rings (SSSR count). The van der Waals surface area contributed by atoms with Gasteiger partial charge in [-0.05, 0) is 0 Å². The Labute approximate surface area is 67.0 Å². The normalized spacial score (nSPS) is 14.1. The molecule has 0 aliphatic heterocycles. The first-order valence-electron chi connectivity index (χ1n) is 2.67. The molecule has 0 saturated heterocycles. The standard InChI is InChI=1S/C6H10O2S2/c1-3-5-10(7,8)6(9)4-2/h3-4,6,9H,1-2,5H2. The monoisotopic (exact) mass is 178 g/mol. The van der Waals surface area contributed by atoms with Crippen molar-refractivity contribution in [2.24, 2.45) is 0 Å². The van der Waals surface area contributed by atoms with Gasteiger partial charge in [-0.3, -0.25) is 0 Å². The van der Waals surface area contributed by atoms with Crippen LogP contribution in [0.25, 0.3) is 0 Å². The molecule has 0 aromatic heterocycles. The number of rotatable bonds is 4. The average Bonchev–Trinajstić information content (AvgIpc) is 1.86. The summed E-state index contributed by atoms with van der Waals surface area (Å²) in [6, 6.07) is 0. The lowest BCUT2D eigenvalue weighted by Crippen LogP contribution is -2.14. The van der Waals surface area contributed by atoms with E-state index < -0.39 is 14.4 Å². The molecule has 0 aromatic rings. The van der Waals surface area contributed by atoms with E-state index in [4.69, 9.17) is 0 Å². The Morgan fingerprint density at radius 1 is 1.50 bits per heavy atom. The van der Waals surface area contributed by atoms with E-state index in [1.165, 1.54) is 12.2 Å². The summed E-state index contributed by atoms with van der Waals surface area (Å²) in [7, 11) is -3.13. The number of hydrogen-bond acceptors (Lipinski definition) is 3. The summed E-state index contributed by atoms with van der Waals surface area (Å²) in [5, 5.41) is 0. The van der Waals surface area contributed by atoms with Crippen molar-refractivity contribution in [3.8, 4) is 0 Å². The largest absolute Gasteiger partial charge is 0.227 e. The number of sulfone groups is 1. The van der Waals surface area contributed by atoms with E-state index in [2.05, 4.69) is 25.8 Å². The second-order valence-corrected chi connectivity index (χ2v) is 4.82. The van der Waals surface area contributed by atoms with Gasteiger partial charge in [0, 0.05) is 0 Å². The lowest BCUT2D eigenvalue weighted by molar-refractivity contribution is 0.600. The maximum atomic E-state index is 10.9. The average molecular weight is 178 g/mol. The van der Waals surface area contributed by atoms with Crippen molar-refractivity contribution >= 4 is 22.5 Å². The SMILES string of the molecule is C=CCS(=O)(=O)C(S)C=C. The molecule has 0 saturated carbocycles. The molecular weight excluding hydrogens is 168 g/mol. The topological polar surface area (TPSA) is 34.1 Å². The van der Waals surface area contributed by atoms with E-state index in [1.807, 2.05) is 0 Å².